The fourth-order valence-corrected chi connectivity index (χ4v) is 0.816. The third-order valence-electron chi connectivity index (χ3n) is 1.82. The zero-order chi connectivity index (χ0) is 20.0. The first-order valence-corrected chi connectivity index (χ1v) is 7.88. The Morgan fingerprint density at radius 3 is 0.600 bits per heavy atom. The van der Waals surface area contributed by atoms with Gasteiger partial charge in [0.25, 0.3) is 0 Å². The number of carboxylic acids is 4. The fourth-order valence-electron chi connectivity index (χ4n) is 0.816. The van der Waals surface area contributed by atoms with Crippen molar-refractivity contribution >= 4 is 34.8 Å². The Morgan fingerprint density at radius 1 is 0.480 bits per heavy atom. The molecule has 0 unspecified atom stereocenters. The summed E-state index contributed by atoms with van der Waals surface area (Å²) < 4.78 is 0. The fraction of sp³-hybridized carbons (Fsp3) is 0.750. The molecule has 0 aromatic carbocycles. The van der Waals surface area contributed by atoms with Crippen LogP contribution in [0.15, 0.2) is 0 Å². The molecule has 0 radical (unpaired) electrons. The number of hydrogen-bond donors (Lipinski definition) is 0. The van der Waals surface area contributed by atoms with Crippen LogP contribution in [0.1, 0.15) is 79.1 Å². The molecule has 0 saturated heterocycles. The van der Waals surface area contributed by atoms with Crippen LogP contribution in [0.3, 0.4) is 0 Å². The SMILES string of the molecule is CCCC(=O)[O-].CCCC(=O)[O-].CCCC(=O)[O-].CCCC(=O)[O-].[Si+4]. The monoisotopic (exact) mass is 376 g/mol. The molecule has 0 spiro atoms. The van der Waals surface area contributed by atoms with Crippen molar-refractivity contribution in [3.63, 3.8) is 0 Å². The molecule has 25 heavy (non-hydrogen) atoms. The van der Waals surface area contributed by atoms with E-state index in [0.717, 1.165) is 0 Å². The van der Waals surface area contributed by atoms with Gasteiger partial charge in [-0.15, -0.1) is 0 Å². The summed E-state index contributed by atoms with van der Waals surface area (Å²) >= 11 is 0. The van der Waals surface area contributed by atoms with E-state index < -0.39 is 23.9 Å². The van der Waals surface area contributed by atoms with Crippen molar-refractivity contribution in [3.8, 4) is 0 Å². The first-order valence-electron chi connectivity index (χ1n) is 7.88. The summed E-state index contributed by atoms with van der Waals surface area (Å²) in [6, 6.07) is 0. The Bertz CT molecular complexity index is 268. The summed E-state index contributed by atoms with van der Waals surface area (Å²) in [5.74, 6) is -3.84. The van der Waals surface area contributed by atoms with Gasteiger partial charge in [-0.3, -0.25) is 0 Å². The third kappa shape index (κ3) is 87.5. The number of hydrogen-bond acceptors (Lipinski definition) is 8. The van der Waals surface area contributed by atoms with E-state index in [2.05, 4.69) is 0 Å². The minimum Gasteiger partial charge on any atom is -0.550 e. The van der Waals surface area contributed by atoms with Gasteiger partial charge in [-0.05, 0) is 25.7 Å². The van der Waals surface area contributed by atoms with E-state index in [9.17, 15) is 39.6 Å². The van der Waals surface area contributed by atoms with Crippen molar-refractivity contribution < 1.29 is 39.6 Å². The summed E-state index contributed by atoms with van der Waals surface area (Å²) in [6.07, 6.45) is 3.40. The van der Waals surface area contributed by atoms with Crippen LogP contribution in [0.2, 0.25) is 0 Å². The van der Waals surface area contributed by atoms with Crippen molar-refractivity contribution in [2.24, 2.45) is 0 Å². The van der Waals surface area contributed by atoms with Gasteiger partial charge >= 0.3 is 11.0 Å². The molecule has 0 amide bonds. The van der Waals surface area contributed by atoms with E-state index >= 15 is 0 Å². The topological polar surface area (TPSA) is 161 Å². The smallest absolute Gasteiger partial charge is 0.550 e. The van der Waals surface area contributed by atoms with Crippen LogP contribution in [0.5, 0.6) is 0 Å². The Labute approximate surface area is 154 Å². The molecule has 0 N–H and O–H groups in total. The van der Waals surface area contributed by atoms with E-state index in [1.165, 1.54) is 0 Å². The predicted molar refractivity (Wildman–Crippen MR) is 85.4 cm³/mol. The second kappa shape index (κ2) is 30.0. The second-order valence-electron chi connectivity index (χ2n) is 4.49. The zero-order valence-electron chi connectivity index (χ0n) is 15.4. The molecule has 144 valence electrons. The molecule has 0 heterocycles. The average molecular weight is 376 g/mol. The van der Waals surface area contributed by atoms with Gasteiger partial charge in [-0.2, -0.15) is 0 Å². The minimum atomic E-state index is -0.961. The molecular weight excluding hydrogens is 348 g/mol. The molecule has 0 saturated carbocycles. The van der Waals surface area contributed by atoms with E-state index in [1.54, 1.807) is 27.7 Å². The van der Waals surface area contributed by atoms with Gasteiger partial charge < -0.3 is 39.6 Å². The molecule has 8 nitrogen and oxygen atoms in total. The second-order valence-corrected chi connectivity index (χ2v) is 4.49. The largest absolute Gasteiger partial charge is 4.00 e. The van der Waals surface area contributed by atoms with Crippen molar-refractivity contribution in [1.29, 1.82) is 0 Å². The first-order chi connectivity index (χ1) is 11.1. The summed E-state index contributed by atoms with van der Waals surface area (Å²) in [7, 11) is 0. The molecule has 0 aromatic heterocycles. The molecule has 0 aliphatic rings. The van der Waals surface area contributed by atoms with Crippen LogP contribution < -0.4 is 20.4 Å². The zero-order valence-corrected chi connectivity index (χ0v) is 16.4. The Kier molecular flexibility index (Phi) is 41.4. The molecule has 0 rings (SSSR count). The van der Waals surface area contributed by atoms with Crippen molar-refractivity contribution in [2.75, 3.05) is 0 Å². The van der Waals surface area contributed by atoms with Gasteiger partial charge in [-0.25, -0.2) is 0 Å². The number of rotatable bonds is 8. The molecule has 0 aliphatic carbocycles. The number of aliphatic carboxylic acids is 4. The summed E-state index contributed by atoms with van der Waals surface area (Å²) in [5, 5.41) is 38.0. The van der Waals surface area contributed by atoms with E-state index in [4.69, 9.17) is 0 Å². The van der Waals surface area contributed by atoms with Crippen molar-refractivity contribution in [1.82, 2.24) is 0 Å². The van der Waals surface area contributed by atoms with Gasteiger partial charge in [0.1, 0.15) is 0 Å². The maximum atomic E-state index is 9.49. The maximum absolute atomic E-state index is 9.49. The molecular formula is C16H28O8Si. The van der Waals surface area contributed by atoms with E-state index in [-0.39, 0.29) is 36.6 Å². The molecule has 9 heteroatoms. The summed E-state index contributed by atoms with van der Waals surface area (Å²) in [5.41, 5.74) is 0. The third-order valence-corrected chi connectivity index (χ3v) is 1.82. The number of carbonyl (C=O) groups excluding carboxylic acids is 4. The van der Waals surface area contributed by atoms with Crippen molar-refractivity contribution in [2.45, 2.75) is 79.1 Å². The van der Waals surface area contributed by atoms with Gasteiger partial charge in [0.15, 0.2) is 0 Å². The summed E-state index contributed by atoms with van der Waals surface area (Å²) in [4.78, 5) is 38.0. The molecule has 0 atom stereocenters. The number of carbonyl (C=O) groups is 4. The minimum absolute atomic E-state index is 0. The van der Waals surface area contributed by atoms with Crippen molar-refractivity contribution in [3.05, 3.63) is 0 Å². The van der Waals surface area contributed by atoms with E-state index in [0.29, 0.717) is 25.7 Å². The Balaban J connectivity index is -0.0000000702. The quantitative estimate of drug-likeness (QED) is 0.430. The van der Waals surface area contributed by atoms with Gasteiger partial charge in [0.2, 0.25) is 0 Å². The van der Waals surface area contributed by atoms with Crippen LogP contribution in [-0.2, 0) is 19.2 Å². The van der Waals surface area contributed by atoms with Crippen LogP contribution in [-0.4, -0.2) is 34.8 Å². The molecule has 0 bridgehead atoms. The van der Waals surface area contributed by atoms with Gasteiger partial charge in [0.05, 0.1) is 0 Å². The van der Waals surface area contributed by atoms with Gasteiger partial charge in [-0.1, -0.05) is 53.4 Å². The Morgan fingerprint density at radius 2 is 0.600 bits per heavy atom. The number of carboxylic acid groups (broad SMARTS) is 4. The molecule has 0 aliphatic heterocycles. The Hall–Kier alpha value is -1.90. The normalized spacial score (nSPS) is 7.84. The van der Waals surface area contributed by atoms with Gasteiger partial charge in [0, 0.05) is 23.9 Å². The first kappa shape index (κ1) is 34.4. The molecule has 0 aromatic rings. The van der Waals surface area contributed by atoms with Crippen LogP contribution in [0.25, 0.3) is 0 Å². The summed E-state index contributed by atoms with van der Waals surface area (Å²) in [6.45, 7) is 7.21. The average Bonchev–Trinajstić information content (AvgIpc) is 2.39. The standard InChI is InChI=1S/4C4H8O2.Si/c4*1-2-3-4(5)6;/h4*2-3H2,1H3,(H,5,6);/q;;;;+4/p-4. The molecule has 0 fully saturated rings. The van der Waals surface area contributed by atoms with E-state index in [1.807, 2.05) is 0 Å². The van der Waals surface area contributed by atoms with Crippen LogP contribution in [0, 0.1) is 0 Å². The van der Waals surface area contributed by atoms with Crippen LogP contribution >= 0.6 is 0 Å². The maximum Gasteiger partial charge on any atom is 4.00 e. The van der Waals surface area contributed by atoms with Crippen LogP contribution in [0.4, 0.5) is 0 Å². The predicted octanol–water partition coefficient (Wildman–Crippen LogP) is -2.24.